The van der Waals surface area contributed by atoms with Gasteiger partial charge in [0.15, 0.2) is 0 Å². The van der Waals surface area contributed by atoms with Gasteiger partial charge in [-0.05, 0) is 19.3 Å². The first kappa shape index (κ1) is 16.0. The molecule has 1 aromatic rings. The lowest BCUT2D eigenvalue weighted by molar-refractivity contribution is 0.272. The zero-order valence-corrected chi connectivity index (χ0v) is 13.9. The standard InChI is InChI=1S/C16H29N5/c1-5-9-17-13-12-14(19-15(18-13)16(2,3)4)20-21-10-7-6-8-11-21/h12H,5-11H2,1-4H3,(H2,17,18,19,20). The number of rotatable bonds is 5. The molecule has 0 aliphatic carbocycles. The molecule has 5 nitrogen and oxygen atoms in total. The maximum atomic E-state index is 4.70. The number of piperidine rings is 1. The molecule has 0 spiro atoms. The van der Waals surface area contributed by atoms with Crippen LogP contribution in [0.2, 0.25) is 0 Å². The Balaban J connectivity index is 2.17. The van der Waals surface area contributed by atoms with E-state index in [4.69, 9.17) is 4.98 Å². The summed E-state index contributed by atoms with van der Waals surface area (Å²) in [5.74, 6) is 2.69. The molecule has 0 bridgehead atoms. The molecular formula is C16H29N5. The third-order valence-corrected chi connectivity index (χ3v) is 3.58. The molecule has 1 aliphatic heterocycles. The van der Waals surface area contributed by atoms with E-state index in [2.05, 4.69) is 48.4 Å². The Morgan fingerprint density at radius 2 is 1.76 bits per heavy atom. The van der Waals surface area contributed by atoms with Crippen molar-refractivity contribution in [3.63, 3.8) is 0 Å². The second-order valence-electron chi connectivity index (χ2n) is 6.80. The van der Waals surface area contributed by atoms with E-state index in [1.165, 1.54) is 19.3 Å². The summed E-state index contributed by atoms with van der Waals surface area (Å²) in [6.07, 6.45) is 4.93. The highest BCUT2D eigenvalue weighted by Gasteiger charge is 2.20. The van der Waals surface area contributed by atoms with Gasteiger partial charge in [0.05, 0.1) is 0 Å². The van der Waals surface area contributed by atoms with Crippen LogP contribution in [0.5, 0.6) is 0 Å². The van der Waals surface area contributed by atoms with Crippen molar-refractivity contribution in [2.45, 2.75) is 58.8 Å². The van der Waals surface area contributed by atoms with E-state index in [1.54, 1.807) is 0 Å². The molecule has 0 radical (unpaired) electrons. The summed E-state index contributed by atoms with van der Waals surface area (Å²) in [6, 6.07) is 2.01. The van der Waals surface area contributed by atoms with Crippen molar-refractivity contribution in [2.24, 2.45) is 0 Å². The quantitative estimate of drug-likeness (QED) is 0.870. The fraction of sp³-hybridized carbons (Fsp3) is 0.750. The number of aromatic nitrogens is 2. The molecule has 118 valence electrons. The lowest BCUT2D eigenvalue weighted by Gasteiger charge is -2.28. The minimum Gasteiger partial charge on any atom is -0.370 e. The third kappa shape index (κ3) is 4.84. The SMILES string of the molecule is CCCNc1cc(NN2CCCCC2)nc(C(C)(C)C)n1. The normalized spacial score (nSPS) is 16.8. The molecule has 2 N–H and O–H groups in total. The van der Waals surface area contributed by atoms with Gasteiger partial charge in [-0.25, -0.2) is 15.0 Å². The molecule has 2 rings (SSSR count). The van der Waals surface area contributed by atoms with Crippen LogP contribution in [0.25, 0.3) is 0 Å². The molecule has 1 aliphatic rings. The minimum atomic E-state index is -0.0533. The Kier molecular flexibility index (Phi) is 5.39. The van der Waals surface area contributed by atoms with Gasteiger partial charge in [-0.3, -0.25) is 0 Å². The van der Waals surface area contributed by atoms with Crippen molar-refractivity contribution in [3.05, 3.63) is 11.9 Å². The molecule has 1 saturated heterocycles. The summed E-state index contributed by atoms with van der Waals surface area (Å²) in [5, 5.41) is 5.64. The maximum Gasteiger partial charge on any atom is 0.146 e. The summed E-state index contributed by atoms with van der Waals surface area (Å²) in [7, 11) is 0. The van der Waals surface area contributed by atoms with Crippen LogP contribution in [0.15, 0.2) is 6.07 Å². The highest BCUT2D eigenvalue weighted by atomic mass is 15.5. The monoisotopic (exact) mass is 291 g/mol. The Morgan fingerprint density at radius 1 is 1.10 bits per heavy atom. The first-order valence-electron chi connectivity index (χ1n) is 8.14. The van der Waals surface area contributed by atoms with Gasteiger partial charge >= 0.3 is 0 Å². The summed E-state index contributed by atoms with van der Waals surface area (Å²) in [4.78, 5) is 9.36. The lowest BCUT2D eigenvalue weighted by atomic mass is 9.96. The van der Waals surface area contributed by atoms with Crippen LogP contribution in [0.3, 0.4) is 0 Å². The Hall–Kier alpha value is -1.36. The van der Waals surface area contributed by atoms with Crippen molar-refractivity contribution in [1.29, 1.82) is 0 Å². The molecule has 0 saturated carbocycles. The number of hydrazine groups is 1. The Bertz CT molecular complexity index is 446. The van der Waals surface area contributed by atoms with Crippen molar-refractivity contribution < 1.29 is 0 Å². The summed E-state index contributed by atoms with van der Waals surface area (Å²) in [6.45, 7) is 11.7. The van der Waals surface area contributed by atoms with Crippen molar-refractivity contribution in [3.8, 4) is 0 Å². The summed E-state index contributed by atoms with van der Waals surface area (Å²) < 4.78 is 0. The van der Waals surface area contributed by atoms with Crippen LogP contribution in [0.1, 0.15) is 59.2 Å². The van der Waals surface area contributed by atoms with Crippen molar-refractivity contribution in [1.82, 2.24) is 15.0 Å². The van der Waals surface area contributed by atoms with Crippen LogP contribution in [0, 0.1) is 0 Å². The highest BCUT2D eigenvalue weighted by Crippen LogP contribution is 2.23. The molecule has 2 heterocycles. The van der Waals surface area contributed by atoms with Crippen LogP contribution in [0.4, 0.5) is 11.6 Å². The smallest absolute Gasteiger partial charge is 0.146 e. The van der Waals surface area contributed by atoms with Gasteiger partial charge in [0.1, 0.15) is 17.5 Å². The zero-order chi connectivity index (χ0) is 15.3. The van der Waals surface area contributed by atoms with E-state index in [0.29, 0.717) is 0 Å². The molecule has 1 aromatic heterocycles. The zero-order valence-electron chi connectivity index (χ0n) is 13.9. The van der Waals surface area contributed by atoms with Gasteiger partial charge in [0.2, 0.25) is 0 Å². The predicted octanol–water partition coefficient (Wildman–Crippen LogP) is 3.41. The van der Waals surface area contributed by atoms with Gasteiger partial charge < -0.3 is 10.7 Å². The largest absolute Gasteiger partial charge is 0.370 e. The van der Waals surface area contributed by atoms with Gasteiger partial charge in [-0.2, -0.15) is 0 Å². The number of hydrogen-bond donors (Lipinski definition) is 2. The molecule has 21 heavy (non-hydrogen) atoms. The van der Waals surface area contributed by atoms with Crippen molar-refractivity contribution >= 4 is 11.6 Å². The fourth-order valence-corrected chi connectivity index (χ4v) is 2.35. The van der Waals surface area contributed by atoms with Crippen molar-refractivity contribution in [2.75, 3.05) is 30.4 Å². The van der Waals surface area contributed by atoms with E-state index in [-0.39, 0.29) is 5.41 Å². The second kappa shape index (κ2) is 7.07. The van der Waals surface area contributed by atoms with E-state index in [1.807, 2.05) is 6.07 Å². The fourth-order valence-electron chi connectivity index (χ4n) is 2.35. The molecule has 0 atom stereocenters. The Labute approximate surface area is 128 Å². The lowest BCUT2D eigenvalue weighted by Crippen LogP contribution is -2.35. The van der Waals surface area contributed by atoms with Crippen LogP contribution >= 0.6 is 0 Å². The number of nitrogens with one attached hydrogen (secondary N) is 2. The van der Waals surface area contributed by atoms with E-state index < -0.39 is 0 Å². The average Bonchev–Trinajstić information content (AvgIpc) is 2.45. The number of nitrogens with zero attached hydrogens (tertiary/aromatic N) is 3. The number of anilines is 2. The van der Waals surface area contributed by atoms with E-state index >= 15 is 0 Å². The first-order chi connectivity index (χ1) is 9.99. The molecule has 0 unspecified atom stereocenters. The minimum absolute atomic E-state index is 0.0533. The van der Waals surface area contributed by atoms with Gasteiger partial charge in [-0.15, -0.1) is 0 Å². The topological polar surface area (TPSA) is 53.1 Å². The maximum absolute atomic E-state index is 4.70. The second-order valence-corrected chi connectivity index (χ2v) is 6.80. The first-order valence-corrected chi connectivity index (χ1v) is 8.14. The van der Waals surface area contributed by atoms with Crippen LogP contribution < -0.4 is 10.7 Å². The van der Waals surface area contributed by atoms with Crippen LogP contribution in [-0.4, -0.2) is 34.6 Å². The number of hydrogen-bond acceptors (Lipinski definition) is 5. The average molecular weight is 291 g/mol. The van der Waals surface area contributed by atoms with Gasteiger partial charge in [-0.1, -0.05) is 34.1 Å². The summed E-state index contributed by atoms with van der Waals surface area (Å²) in [5.41, 5.74) is 3.40. The molecule has 1 fully saturated rings. The van der Waals surface area contributed by atoms with E-state index in [0.717, 1.165) is 43.5 Å². The molecule has 0 aromatic carbocycles. The predicted molar refractivity (Wildman–Crippen MR) is 88.6 cm³/mol. The van der Waals surface area contributed by atoms with E-state index in [9.17, 15) is 0 Å². The molecular weight excluding hydrogens is 262 g/mol. The third-order valence-electron chi connectivity index (χ3n) is 3.58. The molecule has 0 amide bonds. The van der Waals surface area contributed by atoms with Crippen LogP contribution in [-0.2, 0) is 5.41 Å². The van der Waals surface area contributed by atoms with Gasteiger partial charge in [0, 0.05) is 31.1 Å². The summed E-state index contributed by atoms with van der Waals surface area (Å²) >= 11 is 0. The Morgan fingerprint density at radius 3 is 2.38 bits per heavy atom. The van der Waals surface area contributed by atoms with Gasteiger partial charge in [0.25, 0.3) is 0 Å². The highest BCUT2D eigenvalue weighted by molar-refractivity contribution is 5.47. The molecule has 5 heteroatoms.